The van der Waals surface area contributed by atoms with Gasteiger partial charge in [0.2, 0.25) is 0 Å². The maximum absolute atomic E-state index is 12.1. The van der Waals surface area contributed by atoms with Gasteiger partial charge < -0.3 is 0 Å². The second kappa shape index (κ2) is 8.69. The van der Waals surface area contributed by atoms with E-state index in [1.54, 1.807) is 0 Å². The third-order valence-corrected chi connectivity index (χ3v) is 6.35. The van der Waals surface area contributed by atoms with Crippen molar-refractivity contribution in [3.8, 4) is 11.1 Å². The van der Waals surface area contributed by atoms with Gasteiger partial charge in [0.25, 0.3) is 5.91 Å². The predicted molar refractivity (Wildman–Crippen MR) is 122 cm³/mol. The van der Waals surface area contributed by atoms with Crippen molar-refractivity contribution in [3.05, 3.63) is 82.3 Å². The summed E-state index contributed by atoms with van der Waals surface area (Å²) >= 11 is 13.8. The molecule has 0 bridgehead atoms. The topological polar surface area (TPSA) is 61.2 Å². The van der Waals surface area contributed by atoms with Crippen LogP contribution in [-0.4, -0.2) is 11.1 Å². The molecule has 5 nitrogen and oxygen atoms in total. The average molecular weight is 462 g/mol. The second-order valence-electron chi connectivity index (χ2n) is 5.98. The summed E-state index contributed by atoms with van der Waals surface area (Å²) in [6.07, 6.45) is 0. The zero-order valence-corrected chi connectivity index (χ0v) is 17.8. The average Bonchev–Trinajstić information content (AvgIpc) is 3.44. The summed E-state index contributed by atoms with van der Waals surface area (Å²) in [7, 11) is 0. The molecule has 0 saturated heterocycles. The van der Waals surface area contributed by atoms with Crippen LogP contribution in [-0.2, 0) is 0 Å². The fourth-order valence-corrected chi connectivity index (χ4v) is 4.42. The lowest BCUT2D eigenvalue weighted by Gasteiger charge is -2.06. The van der Waals surface area contributed by atoms with Crippen LogP contribution in [0.25, 0.3) is 11.1 Å². The minimum absolute atomic E-state index is 0.251. The zero-order chi connectivity index (χ0) is 20.4. The van der Waals surface area contributed by atoms with Crippen molar-refractivity contribution in [2.45, 2.75) is 0 Å². The maximum Gasteiger partial charge on any atom is 0.301 e. The van der Waals surface area contributed by atoms with E-state index in [1.807, 2.05) is 34.6 Å². The molecule has 0 spiro atoms. The van der Waals surface area contributed by atoms with Crippen LogP contribution in [0.1, 0.15) is 10.4 Å². The summed E-state index contributed by atoms with van der Waals surface area (Å²) in [5.74, 6) is -0.547. The minimum Gasteiger partial charge on any atom is -0.282 e. The number of anilines is 2. The van der Waals surface area contributed by atoms with Gasteiger partial charge in [-0.1, -0.05) is 65.7 Å². The number of nitrogens with one attached hydrogen (secondary N) is 2. The quantitative estimate of drug-likeness (QED) is 0.335. The Morgan fingerprint density at radius 1 is 0.897 bits per heavy atom. The van der Waals surface area contributed by atoms with Crippen LogP contribution in [0.5, 0.6) is 0 Å². The van der Waals surface area contributed by atoms with Crippen molar-refractivity contribution in [3.63, 3.8) is 0 Å². The molecule has 3 aromatic carbocycles. The first-order chi connectivity index (χ1) is 14.0. The molecular formula is C20H13Cl2N3O2S2. The first kappa shape index (κ1) is 20.1. The van der Waals surface area contributed by atoms with Crippen molar-refractivity contribution in [1.29, 1.82) is 0 Å². The van der Waals surface area contributed by atoms with E-state index in [0.717, 1.165) is 34.4 Å². The van der Waals surface area contributed by atoms with Crippen LogP contribution in [0.4, 0.5) is 16.2 Å². The van der Waals surface area contributed by atoms with E-state index in [1.165, 1.54) is 30.3 Å². The number of imide groups is 1. The van der Waals surface area contributed by atoms with Gasteiger partial charge in [0, 0.05) is 23.1 Å². The number of nitrogens with zero attached hydrogens (tertiary/aromatic N) is 1. The molecule has 1 aliphatic rings. The fourth-order valence-electron chi connectivity index (χ4n) is 2.74. The molecule has 0 fully saturated rings. The summed E-state index contributed by atoms with van der Waals surface area (Å²) in [4.78, 5) is 24.1. The number of hydrogen-bond donors (Lipinski definition) is 2. The van der Waals surface area contributed by atoms with Crippen molar-refractivity contribution >= 4 is 69.8 Å². The summed E-state index contributed by atoms with van der Waals surface area (Å²) in [6, 6.07) is 20.6. The summed E-state index contributed by atoms with van der Waals surface area (Å²) < 4.78 is 4.89. The number of rotatable bonds is 5. The summed E-state index contributed by atoms with van der Waals surface area (Å²) in [6.45, 7) is 0. The molecule has 9 heteroatoms. The van der Waals surface area contributed by atoms with E-state index in [2.05, 4.69) is 27.6 Å². The highest BCUT2D eigenvalue weighted by Crippen LogP contribution is 2.57. The van der Waals surface area contributed by atoms with Crippen molar-refractivity contribution < 1.29 is 9.59 Å². The number of para-hydroxylation sites is 1. The normalized spacial score (nSPS) is 11.7. The predicted octanol–water partition coefficient (Wildman–Crippen LogP) is 6.46. The standard InChI is InChI=1S/C20H13Cl2N3O2S2/c21-15-10-9-13(11-16(15)22)19(26)23-20(27)28-24-29-25-17-8-4-7-14(18(17)25)12-5-2-1-3-6-12/h1-11,24H,(H,23,26,27). The van der Waals surface area contributed by atoms with Gasteiger partial charge in [-0.25, -0.2) is 0 Å². The molecular weight excluding hydrogens is 449 g/mol. The molecule has 1 aliphatic heterocycles. The highest BCUT2D eigenvalue weighted by molar-refractivity contribution is 8.21. The largest absolute Gasteiger partial charge is 0.301 e. The molecule has 29 heavy (non-hydrogen) atoms. The smallest absolute Gasteiger partial charge is 0.282 e. The number of halogens is 2. The Morgan fingerprint density at radius 2 is 1.69 bits per heavy atom. The SMILES string of the molecule is O=C(NC(=O)c1ccc(Cl)c(Cl)c1)SNSN1c2cccc(-c3ccccc3)c21. The lowest BCUT2D eigenvalue weighted by Crippen LogP contribution is -2.28. The third kappa shape index (κ3) is 4.55. The summed E-state index contributed by atoms with van der Waals surface area (Å²) in [5.41, 5.74) is 4.69. The van der Waals surface area contributed by atoms with Gasteiger partial charge in [-0.2, -0.15) is 4.13 Å². The molecule has 0 aliphatic carbocycles. The van der Waals surface area contributed by atoms with E-state index in [0.29, 0.717) is 5.02 Å². The molecule has 0 atom stereocenters. The van der Waals surface area contributed by atoms with E-state index < -0.39 is 11.1 Å². The van der Waals surface area contributed by atoms with Crippen molar-refractivity contribution in [2.24, 2.45) is 0 Å². The zero-order valence-electron chi connectivity index (χ0n) is 14.7. The van der Waals surface area contributed by atoms with E-state index >= 15 is 0 Å². The van der Waals surface area contributed by atoms with Gasteiger partial charge in [0.15, 0.2) is 0 Å². The Morgan fingerprint density at radius 3 is 2.45 bits per heavy atom. The molecule has 3 aromatic rings. The van der Waals surface area contributed by atoms with E-state index in [4.69, 9.17) is 23.2 Å². The van der Waals surface area contributed by atoms with Gasteiger partial charge >= 0.3 is 5.24 Å². The van der Waals surface area contributed by atoms with Crippen molar-refractivity contribution in [2.75, 3.05) is 4.31 Å². The summed E-state index contributed by atoms with van der Waals surface area (Å²) in [5, 5.41) is 2.35. The Balaban J connectivity index is 1.30. The highest BCUT2D eigenvalue weighted by Gasteiger charge is 2.33. The first-order valence-corrected chi connectivity index (χ1v) is 10.8. The van der Waals surface area contributed by atoms with E-state index in [-0.39, 0.29) is 10.6 Å². The molecule has 0 saturated carbocycles. The molecule has 4 rings (SSSR count). The van der Waals surface area contributed by atoms with E-state index in [9.17, 15) is 9.59 Å². The lowest BCUT2D eigenvalue weighted by molar-refractivity contribution is 0.0969. The van der Waals surface area contributed by atoms with Gasteiger partial charge in [-0.15, -0.1) is 0 Å². The van der Waals surface area contributed by atoms with Crippen LogP contribution in [0, 0.1) is 0 Å². The highest BCUT2D eigenvalue weighted by atomic mass is 35.5. The molecule has 2 N–H and O–H groups in total. The van der Waals surface area contributed by atoms with Gasteiger partial charge in [0.1, 0.15) is 0 Å². The van der Waals surface area contributed by atoms with Crippen LogP contribution in [0.15, 0.2) is 66.7 Å². The molecule has 0 radical (unpaired) electrons. The Kier molecular flexibility index (Phi) is 6.03. The number of carbonyl (C=O) groups excluding carboxylic acids is 2. The molecule has 0 unspecified atom stereocenters. The molecule has 2 amide bonds. The Labute approximate surface area is 186 Å². The number of benzene rings is 3. The maximum atomic E-state index is 12.1. The third-order valence-electron chi connectivity index (χ3n) is 4.13. The Bertz CT molecular complexity index is 1100. The van der Waals surface area contributed by atoms with Gasteiger partial charge in [0.05, 0.1) is 33.6 Å². The van der Waals surface area contributed by atoms with Gasteiger partial charge in [-0.3, -0.25) is 19.2 Å². The number of hydrogen-bond acceptors (Lipinski definition) is 6. The molecule has 1 heterocycles. The van der Waals surface area contributed by atoms with Gasteiger partial charge in [-0.05, 0) is 29.8 Å². The molecule has 146 valence electrons. The Hall–Kier alpha value is -2.16. The number of amides is 2. The minimum atomic E-state index is -0.547. The number of carbonyl (C=O) groups is 2. The fraction of sp³-hybridized carbons (Fsp3) is 0. The second-order valence-corrected chi connectivity index (χ2v) is 8.58. The monoisotopic (exact) mass is 461 g/mol. The van der Waals surface area contributed by atoms with Crippen LogP contribution < -0.4 is 13.7 Å². The van der Waals surface area contributed by atoms with Crippen LogP contribution >= 0.6 is 47.3 Å². The molecule has 0 aromatic heterocycles. The first-order valence-electron chi connectivity index (χ1n) is 8.42. The lowest BCUT2D eigenvalue weighted by atomic mass is 10.1. The van der Waals surface area contributed by atoms with Crippen molar-refractivity contribution in [1.82, 2.24) is 9.44 Å². The van der Waals surface area contributed by atoms with Crippen LogP contribution in [0.2, 0.25) is 10.0 Å². The number of fused-ring (bicyclic) bond motifs is 1. The van der Waals surface area contributed by atoms with Crippen LogP contribution in [0.3, 0.4) is 0 Å².